The van der Waals surface area contributed by atoms with Crippen molar-refractivity contribution in [3.63, 3.8) is 0 Å². The summed E-state index contributed by atoms with van der Waals surface area (Å²) < 4.78 is 1.70. The van der Waals surface area contributed by atoms with Crippen LogP contribution in [-0.2, 0) is 13.0 Å². The van der Waals surface area contributed by atoms with Gasteiger partial charge in [0.2, 0.25) is 0 Å². The van der Waals surface area contributed by atoms with Crippen molar-refractivity contribution in [2.45, 2.75) is 19.4 Å². The summed E-state index contributed by atoms with van der Waals surface area (Å²) in [5.74, 6) is 0.382. The highest BCUT2D eigenvalue weighted by atomic mass is 16.2. The summed E-state index contributed by atoms with van der Waals surface area (Å²) in [5.41, 5.74) is 4.63. The number of rotatable bonds is 3. The van der Waals surface area contributed by atoms with Crippen LogP contribution in [0.2, 0.25) is 0 Å². The van der Waals surface area contributed by atoms with Crippen LogP contribution in [0.3, 0.4) is 0 Å². The molecule has 1 N–H and O–H groups in total. The average Bonchev–Trinajstić information content (AvgIpc) is 3.17. The van der Waals surface area contributed by atoms with Crippen molar-refractivity contribution < 1.29 is 4.79 Å². The third-order valence-corrected chi connectivity index (χ3v) is 4.50. The van der Waals surface area contributed by atoms with Gasteiger partial charge in [-0.05, 0) is 42.3 Å². The lowest BCUT2D eigenvalue weighted by molar-refractivity contribution is 0.0955. The predicted octanol–water partition coefficient (Wildman–Crippen LogP) is 1.98. The molecule has 0 unspecified atom stereocenters. The number of nitriles is 1. The number of carbonyl (C=O) groups is 1. The second-order valence-electron chi connectivity index (χ2n) is 6.25. The smallest absolute Gasteiger partial charge is 0.271 e. The average molecular weight is 357 g/mol. The van der Waals surface area contributed by atoms with Gasteiger partial charge in [0, 0.05) is 18.5 Å². The van der Waals surface area contributed by atoms with Crippen molar-refractivity contribution in [1.29, 1.82) is 5.26 Å². The van der Waals surface area contributed by atoms with Crippen molar-refractivity contribution in [1.82, 2.24) is 15.0 Å². The first-order valence-corrected chi connectivity index (χ1v) is 8.53. The van der Waals surface area contributed by atoms with Crippen molar-refractivity contribution in [2.75, 3.05) is 0 Å². The van der Waals surface area contributed by atoms with E-state index in [0.717, 1.165) is 24.2 Å². The minimum absolute atomic E-state index is 0.0571. The number of carbonyl (C=O) groups excluding carboxylic acids is 1. The highest BCUT2D eigenvalue weighted by Crippen LogP contribution is 2.16. The highest BCUT2D eigenvalue weighted by Gasteiger charge is 2.16. The molecule has 2 heterocycles. The Morgan fingerprint density at radius 3 is 2.85 bits per heavy atom. The number of fused-ring (bicyclic) bond motifs is 2. The van der Waals surface area contributed by atoms with E-state index in [-0.39, 0.29) is 11.5 Å². The Bertz CT molecular complexity index is 1170. The number of benzene rings is 2. The van der Waals surface area contributed by atoms with E-state index in [2.05, 4.69) is 15.5 Å². The third kappa shape index (κ3) is 3.20. The van der Waals surface area contributed by atoms with Crippen LogP contribution in [0.5, 0.6) is 0 Å². The van der Waals surface area contributed by atoms with Gasteiger partial charge in [0.15, 0.2) is 0 Å². The molecule has 0 atom stereocenters. The molecule has 0 saturated carbocycles. The zero-order valence-corrected chi connectivity index (χ0v) is 14.3. The van der Waals surface area contributed by atoms with Crippen LogP contribution in [0.4, 0.5) is 0 Å². The molecule has 7 heteroatoms. The van der Waals surface area contributed by atoms with Crippen molar-refractivity contribution in [3.8, 4) is 6.07 Å². The lowest BCUT2D eigenvalue weighted by atomic mass is 10.1. The molecular formula is C20H15N5O2. The van der Waals surface area contributed by atoms with Gasteiger partial charge in [0.25, 0.3) is 11.5 Å². The minimum Gasteiger partial charge on any atom is -0.296 e. The number of nitrogens with one attached hydrogen (secondary N) is 1. The normalized spacial score (nSPS) is 12.9. The van der Waals surface area contributed by atoms with Gasteiger partial charge in [0.05, 0.1) is 28.8 Å². The van der Waals surface area contributed by atoms with E-state index in [1.807, 2.05) is 6.07 Å². The number of hydrazone groups is 1. The first-order valence-electron chi connectivity index (χ1n) is 8.53. The van der Waals surface area contributed by atoms with Crippen LogP contribution in [0.15, 0.2) is 52.4 Å². The van der Waals surface area contributed by atoms with Crippen LogP contribution in [0.25, 0.3) is 10.9 Å². The molecule has 27 heavy (non-hydrogen) atoms. The molecule has 1 aliphatic heterocycles. The molecule has 0 aliphatic carbocycles. The number of amides is 1. The molecule has 132 valence electrons. The SMILES string of the molecule is N#Cc1ccc(/C=N\NC(=O)c2ccc3c(=O)n4c(nc3c2)CCC4)cc1. The molecule has 1 aromatic heterocycles. The number of hydrogen-bond donors (Lipinski definition) is 1. The molecule has 1 aliphatic rings. The van der Waals surface area contributed by atoms with E-state index >= 15 is 0 Å². The Kier molecular flexibility index (Phi) is 4.22. The summed E-state index contributed by atoms with van der Waals surface area (Å²) in [7, 11) is 0. The number of hydrogen-bond acceptors (Lipinski definition) is 5. The molecule has 7 nitrogen and oxygen atoms in total. The summed E-state index contributed by atoms with van der Waals surface area (Å²) >= 11 is 0. The Hall–Kier alpha value is -3.79. The number of aryl methyl sites for hydroxylation is 1. The molecule has 0 bridgehead atoms. The Morgan fingerprint density at radius 2 is 2.07 bits per heavy atom. The predicted molar refractivity (Wildman–Crippen MR) is 101 cm³/mol. The first kappa shape index (κ1) is 16.7. The highest BCUT2D eigenvalue weighted by molar-refractivity contribution is 5.98. The lowest BCUT2D eigenvalue weighted by Gasteiger charge is -2.06. The summed E-state index contributed by atoms with van der Waals surface area (Å²) in [6.45, 7) is 0.698. The van der Waals surface area contributed by atoms with Crippen LogP contribution in [0, 0.1) is 11.3 Å². The Labute approximate surface area is 154 Å². The molecule has 3 aromatic rings. The molecule has 0 saturated heterocycles. The van der Waals surface area contributed by atoms with E-state index < -0.39 is 0 Å². The van der Waals surface area contributed by atoms with E-state index in [4.69, 9.17) is 5.26 Å². The van der Waals surface area contributed by atoms with E-state index in [0.29, 0.717) is 28.6 Å². The van der Waals surface area contributed by atoms with Crippen LogP contribution in [-0.4, -0.2) is 21.7 Å². The summed E-state index contributed by atoms with van der Waals surface area (Å²) in [6.07, 6.45) is 3.18. The van der Waals surface area contributed by atoms with E-state index in [1.165, 1.54) is 6.21 Å². The Balaban J connectivity index is 1.54. The standard InChI is InChI=1S/C20H15N5O2/c21-11-13-3-5-14(6-4-13)12-22-24-19(26)15-7-8-16-17(10-15)23-18-2-1-9-25(18)20(16)27/h3-8,10,12H,1-2,9H2,(H,24,26)/b22-12-. The Morgan fingerprint density at radius 1 is 1.26 bits per heavy atom. The molecule has 0 spiro atoms. The van der Waals surface area contributed by atoms with Gasteiger partial charge in [-0.15, -0.1) is 0 Å². The van der Waals surface area contributed by atoms with Gasteiger partial charge in [-0.2, -0.15) is 10.4 Å². The molecular weight excluding hydrogens is 342 g/mol. The third-order valence-electron chi connectivity index (χ3n) is 4.50. The van der Waals surface area contributed by atoms with E-state index in [1.54, 1.807) is 47.0 Å². The van der Waals surface area contributed by atoms with Crippen molar-refractivity contribution in [3.05, 3.63) is 75.3 Å². The molecule has 1 amide bonds. The number of aromatic nitrogens is 2. The summed E-state index contributed by atoms with van der Waals surface area (Å²) in [6, 6.07) is 13.7. The van der Waals surface area contributed by atoms with Gasteiger partial charge in [-0.1, -0.05) is 12.1 Å². The minimum atomic E-state index is -0.385. The largest absolute Gasteiger partial charge is 0.296 e. The maximum Gasteiger partial charge on any atom is 0.271 e. The lowest BCUT2D eigenvalue weighted by Crippen LogP contribution is -2.22. The summed E-state index contributed by atoms with van der Waals surface area (Å²) in [4.78, 5) is 29.3. The zero-order chi connectivity index (χ0) is 18.8. The summed E-state index contributed by atoms with van der Waals surface area (Å²) in [5, 5.41) is 13.2. The maximum atomic E-state index is 12.5. The fraction of sp³-hybridized carbons (Fsp3) is 0.150. The maximum absolute atomic E-state index is 12.5. The zero-order valence-electron chi connectivity index (χ0n) is 14.3. The van der Waals surface area contributed by atoms with Crippen LogP contribution >= 0.6 is 0 Å². The molecule has 0 fully saturated rings. The molecule has 0 radical (unpaired) electrons. The van der Waals surface area contributed by atoms with E-state index in [9.17, 15) is 9.59 Å². The monoisotopic (exact) mass is 357 g/mol. The number of nitrogens with zero attached hydrogens (tertiary/aromatic N) is 4. The van der Waals surface area contributed by atoms with Gasteiger partial charge >= 0.3 is 0 Å². The van der Waals surface area contributed by atoms with Gasteiger partial charge in [-0.25, -0.2) is 10.4 Å². The fourth-order valence-corrected chi connectivity index (χ4v) is 3.10. The second kappa shape index (κ2) is 6.84. The second-order valence-corrected chi connectivity index (χ2v) is 6.25. The van der Waals surface area contributed by atoms with Gasteiger partial charge < -0.3 is 0 Å². The fourth-order valence-electron chi connectivity index (χ4n) is 3.10. The van der Waals surface area contributed by atoms with Crippen molar-refractivity contribution in [2.24, 2.45) is 5.10 Å². The van der Waals surface area contributed by atoms with Crippen LogP contribution < -0.4 is 11.0 Å². The van der Waals surface area contributed by atoms with Crippen LogP contribution in [0.1, 0.15) is 33.7 Å². The molecule has 2 aromatic carbocycles. The molecule has 4 rings (SSSR count). The van der Waals surface area contributed by atoms with Crippen molar-refractivity contribution >= 4 is 23.0 Å². The topological polar surface area (TPSA) is 100 Å². The van der Waals surface area contributed by atoms with Gasteiger partial charge in [0.1, 0.15) is 5.82 Å². The van der Waals surface area contributed by atoms with Gasteiger partial charge in [-0.3, -0.25) is 14.2 Å². The first-order chi connectivity index (χ1) is 13.2. The quantitative estimate of drug-likeness (QED) is 0.572.